The number of nitrogens with zero attached hydrogens (tertiary/aromatic N) is 1. The van der Waals surface area contributed by atoms with Gasteiger partial charge in [0.05, 0.1) is 11.1 Å². The van der Waals surface area contributed by atoms with Crippen LogP contribution >= 0.6 is 12.4 Å². The van der Waals surface area contributed by atoms with Crippen LogP contribution in [0.25, 0.3) is 0 Å². The van der Waals surface area contributed by atoms with Crippen molar-refractivity contribution in [3.63, 3.8) is 0 Å². The van der Waals surface area contributed by atoms with Crippen molar-refractivity contribution in [1.29, 1.82) is 0 Å². The van der Waals surface area contributed by atoms with Gasteiger partial charge >= 0.3 is 6.18 Å². The number of amides is 1. The summed E-state index contributed by atoms with van der Waals surface area (Å²) < 4.78 is 52.0. The second kappa shape index (κ2) is 7.28. The fraction of sp³-hybridized carbons (Fsp3) is 0.500. The topological polar surface area (TPSA) is 32.3 Å². The molecule has 3 nitrogen and oxygen atoms in total. The molecule has 1 aromatic rings. The predicted octanol–water partition coefficient (Wildman–Crippen LogP) is 3.09. The first-order valence-electron chi connectivity index (χ1n) is 6.66. The lowest BCUT2D eigenvalue weighted by Crippen LogP contribution is -2.44. The molecule has 124 valence electrons. The van der Waals surface area contributed by atoms with Gasteiger partial charge in [0.15, 0.2) is 0 Å². The molecule has 22 heavy (non-hydrogen) atoms. The number of alkyl halides is 3. The van der Waals surface area contributed by atoms with Gasteiger partial charge in [-0.05, 0) is 38.1 Å². The smallest absolute Gasteiger partial charge is 0.339 e. The Morgan fingerprint density at radius 3 is 2.41 bits per heavy atom. The Morgan fingerprint density at radius 2 is 1.86 bits per heavy atom. The molecule has 1 fully saturated rings. The molecule has 1 heterocycles. The SMILES string of the molecule is CN(C(=O)c1cccc(C(F)(F)F)c1F)C1CCNCC1.Cl. The fourth-order valence-electron chi connectivity index (χ4n) is 2.47. The number of benzene rings is 1. The van der Waals surface area contributed by atoms with Crippen LogP contribution in [0.15, 0.2) is 18.2 Å². The van der Waals surface area contributed by atoms with Crippen LogP contribution in [0.4, 0.5) is 17.6 Å². The zero-order valence-electron chi connectivity index (χ0n) is 11.9. The molecule has 0 atom stereocenters. The number of carbonyl (C=O) groups excluding carboxylic acids is 1. The lowest BCUT2D eigenvalue weighted by molar-refractivity contribution is -0.140. The normalized spacial score (nSPS) is 16.0. The second-order valence-corrected chi connectivity index (χ2v) is 5.06. The van der Waals surface area contributed by atoms with Gasteiger partial charge < -0.3 is 10.2 Å². The molecule has 0 unspecified atom stereocenters. The number of hydrogen-bond acceptors (Lipinski definition) is 2. The summed E-state index contributed by atoms with van der Waals surface area (Å²) in [5, 5.41) is 3.13. The highest BCUT2D eigenvalue weighted by Gasteiger charge is 2.36. The van der Waals surface area contributed by atoms with Gasteiger partial charge in [0.1, 0.15) is 5.82 Å². The highest BCUT2D eigenvalue weighted by molar-refractivity contribution is 5.94. The lowest BCUT2D eigenvalue weighted by Gasteiger charge is -2.31. The van der Waals surface area contributed by atoms with Crippen LogP contribution in [0.1, 0.15) is 28.8 Å². The Bertz CT molecular complexity index is 530. The van der Waals surface area contributed by atoms with Gasteiger partial charge in [-0.15, -0.1) is 12.4 Å². The van der Waals surface area contributed by atoms with E-state index in [1.807, 2.05) is 0 Å². The summed E-state index contributed by atoms with van der Waals surface area (Å²) in [5.41, 5.74) is -1.95. The molecule has 1 saturated heterocycles. The van der Waals surface area contributed by atoms with Crippen molar-refractivity contribution in [3.8, 4) is 0 Å². The Morgan fingerprint density at radius 1 is 1.27 bits per heavy atom. The molecule has 1 amide bonds. The third-order valence-electron chi connectivity index (χ3n) is 3.71. The second-order valence-electron chi connectivity index (χ2n) is 5.06. The van der Waals surface area contributed by atoms with Gasteiger partial charge in [-0.1, -0.05) is 6.07 Å². The van der Waals surface area contributed by atoms with E-state index >= 15 is 0 Å². The Hall–Kier alpha value is -1.34. The first-order chi connectivity index (χ1) is 9.82. The summed E-state index contributed by atoms with van der Waals surface area (Å²) in [6, 6.07) is 2.68. The molecule has 1 aliphatic heterocycles. The van der Waals surface area contributed by atoms with E-state index in [2.05, 4.69) is 5.32 Å². The highest BCUT2D eigenvalue weighted by Crippen LogP contribution is 2.32. The fourth-order valence-corrected chi connectivity index (χ4v) is 2.47. The lowest BCUT2D eigenvalue weighted by atomic mass is 10.0. The minimum atomic E-state index is -4.81. The van der Waals surface area contributed by atoms with E-state index in [4.69, 9.17) is 0 Å². The van der Waals surface area contributed by atoms with Crippen molar-refractivity contribution in [2.45, 2.75) is 25.1 Å². The quantitative estimate of drug-likeness (QED) is 0.839. The van der Waals surface area contributed by atoms with E-state index in [0.29, 0.717) is 18.9 Å². The van der Waals surface area contributed by atoms with Crippen LogP contribution in [0, 0.1) is 5.82 Å². The van der Waals surface area contributed by atoms with E-state index in [0.717, 1.165) is 25.2 Å². The largest absolute Gasteiger partial charge is 0.419 e. The van der Waals surface area contributed by atoms with Gasteiger partial charge in [-0.3, -0.25) is 4.79 Å². The van der Waals surface area contributed by atoms with Crippen molar-refractivity contribution in [2.24, 2.45) is 0 Å². The minimum absolute atomic E-state index is 0. The van der Waals surface area contributed by atoms with Crippen molar-refractivity contribution in [1.82, 2.24) is 10.2 Å². The van der Waals surface area contributed by atoms with E-state index in [1.165, 1.54) is 11.9 Å². The van der Waals surface area contributed by atoms with Gasteiger partial charge in [-0.25, -0.2) is 4.39 Å². The molecule has 0 saturated carbocycles. The average Bonchev–Trinajstić information content (AvgIpc) is 2.45. The third kappa shape index (κ3) is 3.89. The standard InChI is InChI=1S/C14H16F4N2O.ClH/c1-20(9-5-7-19-8-6-9)13(21)10-3-2-4-11(12(10)15)14(16,17)18;/h2-4,9,19H,5-8H2,1H3;1H. The Kier molecular flexibility index (Phi) is 6.19. The van der Waals surface area contributed by atoms with Crippen LogP contribution in [-0.2, 0) is 6.18 Å². The van der Waals surface area contributed by atoms with Gasteiger partial charge in [0.25, 0.3) is 5.91 Å². The van der Waals surface area contributed by atoms with Crippen molar-refractivity contribution in [2.75, 3.05) is 20.1 Å². The summed E-state index contributed by atoms with van der Waals surface area (Å²) in [4.78, 5) is 13.6. The first-order valence-corrected chi connectivity index (χ1v) is 6.66. The van der Waals surface area contributed by atoms with Crippen molar-refractivity contribution < 1.29 is 22.4 Å². The summed E-state index contributed by atoms with van der Waals surface area (Å²) in [6.45, 7) is 1.46. The predicted molar refractivity (Wildman–Crippen MR) is 76.6 cm³/mol. The summed E-state index contributed by atoms with van der Waals surface area (Å²) in [6.07, 6.45) is -3.42. The Labute approximate surface area is 132 Å². The van der Waals surface area contributed by atoms with Crippen LogP contribution in [-0.4, -0.2) is 37.0 Å². The molecule has 0 radical (unpaired) electrons. The Balaban J connectivity index is 0.00000242. The molecule has 0 aliphatic carbocycles. The van der Waals surface area contributed by atoms with Gasteiger partial charge in [-0.2, -0.15) is 13.2 Å². The molecule has 0 spiro atoms. The van der Waals surface area contributed by atoms with E-state index < -0.39 is 29.0 Å². The number of carbonyl (C=O) groups is 1. The molecule has 0 bridgehead atoms. The van der Waals surface area contributed by atoms with Crippen LogP contribution in [0.3, 0.4) is 0 Å². The molecule has 1 aliphatic rings. The van der Waals surface area contributed by atoms with Crippen LogP contribution < -0.4 is 5.32 Å². The van der Waals surface area contributed by atoms with Gasteiger partial charge in [0, 0.05) is 13.1 Å². The summed E-state index contributed by atoms with van der Waals surface area (Å²) >= 11 is 0. The number of rotatable bonds is 2. The number of halogens is 5. The first kappa shape index (κ1) is 18.7. The minimum Gasteiger partial charge on any atom is -0.339 e. The summed E-state index contributed by atoms with van der Waals surface area (Å²) in [7, 11) is 1.50. The molecule has 1 N–H and O–H groups in total. The van der Waals surface area contributed by atoms with Crippen molar-refractivity contribution in [3.05, 3.63) is 35.1 Å². The number of piperidine rings is 1. The maximum absolute atomic E-state index is 14.0. The van der Waals surface area contributed by atoms with E-state index in [9.17, 15) is 22.4 Å². The monoisotopic (exact) mass is 340 g/mol. The maximum atomic E-state index is 14.0. The highest BCUT2D eigenvalue weighted by atomic mass is 35.5. The molecule has 1 aromatic carbocycles. The van der Waals surface area contributed by atoms with Crippen LogP contribution in [0.5, 0.6) is 0 Å². The molecule has 8 heteroatoms. The zero-order chi connectivity index (χ0) is 15.6. The molecule has 0 aromatic heterocycles. The van der Waals surface area contributed by atoms with E-state index in [1.54, 1.807) is 0 Å². The molecule has 2 rings (SSSR count). The summed E-state index contributed by atoms with van der Waals surface area (Å²) in [5.74, 6) is -2.22. The molecular weight excluding hydrogens is 324 g/mol. The maximum Gasteiger partial charge on any atom is 0.419 e. The molecular formula is C14H17ClF4N2O. The third-order valence-corrected chi connectivity index (χ3v) is 3.71. The van der Waals surface area contributed by atoms with E-state index in [-0.39, 0.29) is 18.4 Å². The number of nitrogens with one attached hydrogen (secondary N) is 1. The van der Waals surface area contributed by atoms with Crippen LogP contribution in [0.2, 0.25) is 0 Å². The average molecular weight is 341 g/mol. The van der Waals surface area contributed by atoms with Crippen molar-refractivity contribution >= 4 is 18.3 Å². The zero-order valence-corrected chi connectivity index (χ0v) is 12.7. The van der Waals surface area contributed by atoms with Gasteiger partial charge in [0.2, 0.25) is 0 Å². The number of hydrogen-bond donors (Lipinski definition) is 1.